The Hall–Kier alpha value is -3.16. The summed E-state index contributed by atoms with van der Waals surface area (Å²) in [4.78, 5) is 6.22. The van der Waals surface area contributed by atoms with Crippen molar-refractivity contribution in [2.45, 2.75) is 4.90 Å². The van der Waals surface area contributed by atoms with Crippen LogP contribution in [0.25, 0.3) is 12.2 Å². The number of aromatic nitrogens is 1. The zero-order valence-electron chi connectivity index (χ0n) is 18.0. The summed E-state index contributed by atoms with van der Waals surface area (Å²) in [5.41, 5.74) is 2.43. The lowest BCUT2D eigenvalue weighted by molar-refractivity contribution is 0.414. The molecule has 0 unspecified atom stereocenters. The molecular formula is C24H27N3O3S. The van der Waals surface area contributed by atoms with Gasteiger partial charge in [-0.15, -0.1) is 0 Å². The van der Waals surface area contributed by atoms with E-state index in [0.29, 0.717) is 24.5 Å². The predicted molar refractivity (Wildman–Crippen MR) is 126 cm³/mol. The van der Waals surface area contributed by atoms with Crippen LogP contribution in [0.4, 0.5) is 5.69 Å². The summed E-state index contributed by atoms with van der Waals surface area (Å²) in [5, 5.41) is 0. The second-order valence-corrected chi connectivity index (χ2v) is 9.09. The summed E-state index contributed by atoms with van der Waals surface area (Å²) in [7, 11) is 1.63. The molecule has 31 heavy (non-hydrogen) atoms. The van der Waals surface area contributed by atoms with E-state index < -0.39 is 10.0 Å². The number of likely N-dealkylation sites (N-methyl/N-ethyl adjacent to an activating group) is 1. The number of methoxy groups -OCH3 is 1. The molecule has 0 saturated heterocycles. The molecule has 2 aromatic carbocycles. The van der Waals surface area contributed by atoms with Crippen LogP contribution in [-0.4, -0.2) is 52.6 Å². The highest BCUT2D eigenvalue weighted by molar-refractivity contribution is 7.92. The van der Waals surface area contributed by atoms with E-state index in [4.69, 9.17) is 4.74 Å². The average Bonchev–Trinajstić information content (AvgIpc) is 2.79. The minimum absolute atomic E-state index is 0.222. The van der Waals surface area contributed by atoms with Crippen molar-refractivity contribution < 1.29 is 13.2 Å². The van der Waals surface area contributed by atoms with Crippen molar-refractivity contribution in [3.05, 3.63) is 84.2 Å². The molecule has 1 heterocycles. The Morgan fingerprint density at radius 3 is 2.23 bits per heavy atom. The number of nitrogens with zero attached hydrogens (tertiary/aromatic N) is 3. The van der Waals surface area contributed by atoms with E-state index in [0.717, 1.165) is 11.1 Å². The van der Waals surface area contributed by atoms with Gasteiger partial charge in [-0.05, 0) is 67.7 Å². The minimum atomic E-state index is -3.77. The fourth-order valence-electron chi connectivity index (χ4n) is 3.05. The van der Waals surface area contributed by atoms with Crippen molar-refractivity contribution in [1.82, 2.24) is 9.88 Å². The zero-order valence-corrected chi connectivity index (χ0v) is 18.8. The van der Waals surface area contributed by atoms with Gasteiger partial charge in [0.1, 0.15) is 5.75 Å². The second kappa shape index (κ2) is 10.2. The van der Waals surface area contributed by atoms with Crippen LogP contribution in [0.15, 0.2) is 78.0 Å². The maximum absolute atomic E-state index is 13.6. The van der Waals surface area contributed by atoms with Gasteiger partial charge in [0.05, 0.1) is 17.7 Å². The molecule has 1 aromatic heterocycles. The first-order valence-corrected chi connectivity index (χ1v) is 11.3. The van der Waals surface area contributed by atoms with E-state index in [1.807, 2.05) is 67.5 Å². The fraction of sp³-hybridized carbons (Fsp3) is 0.208. The molecule has 6 nitrogen and oxygen atoms in total. The van der Waals surface area contributed by atoms with Crippen molar-refractivity contribution >= 4 is 27.9 Å². The number of rotatable bonds is 9. The molecule has 7 heteroatoms. The Bertz CT molecular complexity index is 1110. The molecule has 0 spiro atoms. The topological polar surface area (TPSA) is 62.7 Å². The van der Waals surface area contributed by atoms with Crippen LogP contribution in [0.1, 0.15) is 11.1 Å². The molecule has 0 radical (unpaired) electrons. The molecule has 0 fully saturated rings. The van der Waals surface area contributed by atoms with E-state index in [-0.39, 0.29) is 4.90 Å². The Morgan fingerprint density at radius 1 is 0.903 bits per heavy atom. The van der Waals surface area contributed by atoms with Gasteiger partial charge in [0.15, 0.2) is 0 Å². The smallest absolute Gasteiger partial charge is 0.264 e. The highest BCUT2D eigenvalue weighted by Crippen LogP contribution is 2.29. The van der Waals surface area contributed by atoms with Crippen molar-refractivity contribution in [3.8, 4) is 5.75 Å². The monoisotopic (exact) mass is 437 g/mol. The molecule has 3 aromatic rings. The van der Waals surface area contributed by atoms with Gasteiger partial charge in [-0.3, -0.25) is 9.29 Å². The molecule has 0 N–H and O–H groups in total. The number of anilines is 1. The van der Waals surface area contributed by atoms with E-state index in [2.05, 4.69) is 4.98 Å². The first kappa shape index (κ1) is 22.5. The number of hydrogen-bond donors (Lipinski definition) is 0. The van der Waals surface area contributed by atoms with Crippen LogP contribution in [0.3, 0.4) is 0 Å². The molecule has 0 aliphatic heterocycles. The van der Waals surface area contributed by atoms with Crippen molar-refractivity contribution in [2.75, 3.05) is 38.6 Å². The van der Waals surface area contributed by atoms with Gasteiger partial charge < -0.3 is 9.64 Å². The first-order valence-electron chi connectivity index (χ1n) is 9.90. The Labute approximate surface area is 184 Å². The second-order valence-electron chi connectivity index (χ2n) is 7.23. The van der Waals surface area contributed by atoms with Crippen molar-refractivity contribution in [3.63, 3.8) is 0 Å². The van der Waals surface area contributed by atoms with Crippen LogP contribution in [-0.2, 0) is 10.0 Å². The molecule has 0 amide bonds. The lowest BCUT2D eigenvalue weighted by atomic mass is 10.1. The first-order chi connectivity index (χ1) is 14.9. The average molecular weight is 438 g/mol. The van der Waals surface area contributed by atoms with Crippen LogP contribution in [0.2, 0.25) is 0 Å². The maximum Gasteiger partial charge on any atom is 0.264 e. The lowest BCUT2D eigenvalue weighted by Gasteiger charge is -2.27. The van der Waals surface area contributed by atoms with Gasteiger partial charge >= 0.3 is 0 Å². The van der Waals surface area contributed by atoms with Crippen LogP contribution in [0.5, 0.6) is 5.75 Å². The van der Waals surface area contributed by atoms with Crippen molar-refractivity contribution in [2.24, 2.45) is 0 Å². The van der Waals surface area contributed by atoms with Gasteiger partial charge in [0.2, 0.25) is 0 Å². The van der Waals surface area contributed by atoms with E-state index in [1.165, 1.54) is 4.31 Å². The molecule has 0 atom stereocenters. The van der Waals surface area contributed by atoms with Gasteiger partial charge in [-0.1, -0.05) is 30.4 Å². The van der Waals surface area contributed by atoms with Crippen LogP contribution < -0.4 is 9.04 Å². The largest absolute Gasteiger partial charge is 0.497 e. The third-order valence-electron chi connectivity index (χ3n) is 4.76. The number of ether oxygens (including phenoxy) is 1. The van der Waals surface area contributed by atoms with Crippen LogP contribution >= 0.6 is 0 Å². The van der Waals surface area contributed by atoms with Crippen LogP contribution in [0, 0.1) is 0 Å². The molecule has 162 valence electrons. The summed E-state index contributed by atoms with van der Waals surface area (Å²) in [6.45, 7) is 0.902. The van der Waals surface area contributed by atoms with Crippen molar-refractivity contribution in [1.29, 1.82) is 0 Å². The van der Waals surface area contributed by atoms with Gasteiger partial charge in [-0.2, -0.15) is 0 Å². The Balaban J connectivity index is 2.03. The van der Waals surface area contributed by atoms with Gasteiger partial charge in [-0.25, -0.2) is 8.42 Å². The summed E-state index contributed by atoms with van der Waals surface area (Å²) >= 11 is 0. The molecular weight excluding hydrogens is 410 g/mol. The number of hydrogen-bond acceptors (Lipinski definition) is 5. The molecule has 0 saturated carbocycles. The number of sulfonamides is 1. The minimum Gasteiger partial charge on any atom is -0.497 e. The normalized spacial score (nSPS) is 11.7. The number of para-hydroxylation sites is 1. The number of benzene rings is 2. The Morgan fingerprint density at radius 2 is 1.58 bits per heavy atom. The SMILES string of the molecule is COc1ccc(S(=O)(=O)N(CCN(C)C)c2ccccc2C=Cc2ccncc2)cc1. The molecule has 3 rings (SSSR count). The summed E-state index contributed by atoms with van der Waals surface area (Å²) < 4.78 is 33.9. The fourth-order valence-corrected chi connectivity index (χ4v) is 4.53. The predicted octanol–water partition coefficient (Wildman–Crippen LogP) is 4.02. The third kappa shape index (κ3) is 5.71. The quantitative estimate of drug-likeness (QED) is 0.506. The highest BCUT2D eigenvalue weighted by Gasteiger charge is 2.26. The third-order valence-corrected chi connectivity index (χ3v) is 6.59. The lowest BCUT2D eigenvalue weighted by Crippen LogP contribution is -2.37. The summed E-state index contributed by atoms with van der Waals surface area (Å²) in [6.07, 6.45) is 7.33. The standard InChI is InChI=1S/C24H27N3O3S/c1-26(2)18-19-27(31(28,29)23-12-10-22(30-3)11-13-23)24-7-5-4-6-21(24)9-8-20-14-16-25-17-15-20/h4-17H,18-19H2,1-3H3. The summed E-state index contributed by atoms with van der Waals surface area (Å²) in [6, 6.07) is 17.8. The zero-order chi connectivity index (χ0) is 22.3. The van der Waals surface area contributed by atoms with E-state index >= 15 is 0 Å². The van der Waals surface area contributed by atoms with Gasteiger partial charge in [0.25, 0.3) is 10.0 Å². The summed E-state index contributed by atoms with van der Waals surface area (Å²) in [5.74, 6) is 0.611. The van der Waals surface area contributed by atoms with E-state index in [1.54, 1.807) is 43.8 Å². The van der Waals surface area contributed by atoms with E-state index in [9.17, 15) is 8.42 Å². The number of pyridine rings is 1. The highest BCUT2D eigenvalue weighted by atomic mass is 32.2. The molecule has 0 aliphatic carbocycles. The Kier molecular flexibility index (Phi) is 7.44. The maximum atomic E-state index is 13.6. The molecule has 0 bridgehead atoms. The molecule has 0 aliphatic rings. The van der Waals surface area contributed by atoms with Gasteiger partial charge in [0, 0.05) is 25.5 Å².